The van der Waals surface area contributed by atoms with Crippen molar-refractivity contribution in [3.8, 4) is 0 Å². The van der Waals surface area contributed by atoms with E-state index in [1.165, 1.54) is 28.4 Å². The summed E-state index contributed by atoms with van der Waals surface area (Å²) in [4.78, 5) is 49.8. The lowest BCUT2D eigenvalue weighted by Crippen LogP contribution is -2.42. The van der Waals surface area contributed by atoms with Crippen molar-refractivity contribution in [3.05, 3.63) is 52.2 Å². The SMILES string of the molecule is CCNC(=O)CN(CC)C(=O)COC(=O)c1ccc(NC(=O)c2cccs2)cc1. The molecule has 2 aromatic rings. The van der Waals surface area contributed by atoms with Crippen LogP contribution in [0.15, 0.2) is 41.8 Å². The van der Waals surface area contributed by atoms with Crippen LogP contribution < -0.4 is 10.6 Å². The van der Waals surface area contributed by atoms with E-state index >= 15 is 0 Å². The lowest BCUT2D eigenvalue weighted by Gasteiger charge is -2.20. The van der Waals surface area contributed by atoms with E-state index in [0.29, 0.717) is 23.7 Å². The fourth-order valence-electron chi connectivity index (χ4n) is 2.39. The van der Waals surface area contributed by atoms with E-state index in [4.69, 9.17) is 4.74 Å². The van der Waals surface area contributed by atoms with Crippen LogP contribution in [0.3, 0.4) is 0 Å². The minimum Gasteiger partial charge on any atom is -0.452 e. The summed E-state index contributed by atoms with van der Waals surface area (Å²) in [6, 6.07) is 9.67. The van der Waals surface area contributed by atoms with Crippen molar-refractivity contribution < 1.29 is 23.9 Å². The van der Waals surface area contributed by atoms with Crippen LogP contribution in [0.25, 0.3) is 0 Å². The van der Waals surface area contributed by atoms with E-state index in [9.17, 15) is 19.2 Å². The number of nitrogens with zero attached hydrogens (tertiary/aromatic N) is 1. The van der Waals surface area contributed by atoms with Crippen molar-refractivity contribution in [1.29, 1.82) is 0 Å². The van der Waals surface area contributed by atoms with Crippen LogP contribution in [0.5, 0.6) is 0 Å². The van der Waals surface area contributed by atoms with Gasteiger partial charge in [0.1, 0.15) is 0 Å². The van der Waals surface area contributed by atoms with Crippen molar-refractivity contribution in [1.82, 2.24) is 10.2 Å². The Bertz CT molecular complexity index is 850. The first-order chi connectivity index (χ1) is 13.9. The van der Waals surface area contributed by atoms with Crippen molar-refractivity contribution in [2.45, 2.75) is 13.8 Å². The number of ether oxygens (including phenoxy) is 1. The molecule has 2 N–H and O–H groups in total. The number of carbonyl (C=O) groups excluding carboxylic acids is 4. The second-order valence-electron chi connectivity index (χ2n) is 5.95. The Morgan fingerprint density at radius 3 is 2.38 bits per heavy atom. The van der Waals surface area contributed by atoms with Crippen LogP contribution in [0.4, 0.5) is 5.69 Å². The van der Waals surface area contributed by atoms with Gasteiger partial charge >= 0.3 is 5.97 Å². The summed E-state index contributed by atoms with van der Waals surface area (Å²) >= 11 is 1.33. The van der Waals surface area contributed by atoms with E-state index in [-0.39, 0.29) is 23.9 Å². The van der Waals surface area contributed by atoms with Crippen LogP contribution in [-0.2, 0) is 14.3 Å². The van der Waals surface area contributed by atoms with Gasteiger partial charge in [-0.15, -0.1) is 11.3 Å². The van der Waals surface area contributed by atoms with Gasteiger partial charge in [-0.25, -0.2) is 4.79 Å². The zero-order valence-corrected chi connectivity index (χ0v) is 17.1. The lowest BCUT2D eigenvalue weighted by molar-refractivity contribution is -0.138. The highest BCUT2D eigenvalue weighted by molar-refractivity contribution is 7.12. The fourth-order valence-corrected chi connectivity index (χ4v) is 3.01. The van der Waals surface area contributed by atoms with Gasteiger partial charge in [0, 0.05) is 18.8 Å². The van der Waals surface area contributed by atoms with Gasteiger partial charge in [-0.3, -0.25) is 14.4 Å². The molecule has 0 atom stereocenters. The average molecular weight is 417 g/mol. The molecular formula is C20H23N3O5S. The van der Waals surface area contributed by atoms with Crippen LogP contribution in [-0.4, -0.2) is 54.8 Å². The van der Waals surface area contributed by atoms with Gasteiger partial charge < -0.3 is 20.3 Å². The quantitative estimate of drug-likeness (QED) is 0.608. The Labute approximate surface area is 172 Å². The first-order valence-corrected chi connectivity index (χ1v) is 9.99. The predicted molar refractivity (Wildman–Crippen MR) is 110 cm³/mol. The number of benzene rings is 1. The minimum absolute atomic E-state index is 0.0840. The summed E-state index contributed by atoms with van der Waals surface area (Å²) < 4.78 is 5.05. The molecular weight excluding hydrogens is 394 g/mol. The van der Waals surface area contributed by atoms with Gasteiger partial charge in [-0.05, 0) is 49.6 Å². The number of hydrogen-bond donors (Lipinski definition) is 2. The minimum atomic E-state index is -0.663. The summed E-state index contributed by atoms with van der Waals surface area (Å²) in [5.74, 6) is -1.61. The molecule has 2 rings (SSSR count). The molecule has 1 heterocycles. The fraction of sp³-hybridized carbons (Fsp3) is 0.300. The lowest BCUT2D eigenvalue weighted by atomic mass is 10.2. The van der Waals surface area contributed by atoms with Gasteiger partial charge in [-0.1, -0.05) is 6.07 Å². The summed E-state index contributed by atoms with van der Waals surface area (Å²) in [6.07, 6.45) is 0. The molecule has 0 fully saturated rings. The Morgan fingerprint density at radius 1 is 1.07 bits per heavy atom. The molecule has 0 saturated heterocycles. The maximum atomic E-state index is 12.2. The van der Waals surface area contributed by atoms with E-state index in [2.05, 4.69) is 10.6 Å². The van der Waals surface area contributed by atoms with Crippen LogP contribution >= 0.6 is 11.3 Å². The average Bonchev–Trinajstić information content (AvgIpc) is 3.26. The van der Waals surface area contributed by atoms with Gasteiger partial charge in [0.05, 0.1) is 17.0 Å². The Kier molecular flexibility index (Phi) is 8.35. The van der Waals surface area contributed by atoms with Gasteiger partial charge in [-0.2, -0.15) is 0 Å². The van der Waals surface area contributed by atoms with Crippen LogP contribution in [0.1, 0.15) is 33.9 Å². The molecule has 1 aromatic heterocycles. The Balaban J connectivity index is 1.86. The molecule has 0 bridgehead atoms. The van der Waals surface area contributed by atoms with Gasteiger partial charge in [0.15, 0.2) is 6.61 Å². The summed E-state index contributed by atoms with van der Waals surface area (Å²) in [5, 5.41) is 7.16. The topological polar surface area (TPSA) is 105 Å². The molecule has 0 radical (unpaired) electrons. The number of carbonyl (C=O) groups is 4. The number of likely N-dealkylation sites (N-methyl/N-ethyl adjacent to an activating group) is 2. The highest BCUT2D eigenvalue weighted by Crippen LogP contribution is 2.14. The largest absolute Gasteiger partial charge is 0.452 e. The molecule has 3 amide bonds. The Hall–Kier alpha value is -3.20. The Morgan fingerprint density at radius 2 is 1.79 bits per heavy atom. The maximum absolute atomic E-state index is 12.2. The number of amides is 3. The molecule has 29 heavy (non-hydrogen) atoms. The highest BCUT2D eigenvalue weighted by Gasteiger charge is 2.18. The summed E-state index contributed by atoms with van der Waals surface area (Å²) in [5.41, 5.74) is 0.786. The third-order valence-corrected chi connectivity index (χ3v) is 4.76. The molecule has 0 aliphatic rings. The molecule has 0 spiro atoms. The maximum Gasteiger partial charge on any atom is 0.338 e. The number of thiophene rings is 1. The van der Waals surface area contributed by atoms with Crippen LogP contribution in [0.2, 0.25) is 0 Å². The zero-order chi connectivity index (χ0) is 21.2. The van der Waals surface area contributed by atoms with E-state index in [1.807, 2.05) is 5.38 Å². The second-order valence-corrected chi connectivity index (χ2v) is 6.89. The molecule has 9 heteroatoms. The molecule has 1 aromatic carbocycles. The third kappa shape index (κ3) is 6.72. The molecule has 0 saturated carbocycles. The monoisotopic (exact) mass is 417 g/mol. The van der Waals surface area contributed by atoms with Crippen molar-refractivity contribution in [2.24, 2.45) is 0 Å². The smallest absolute Gasteiger partial charge is 0.338 e. The molecule has 154 valence electrons. The molecule has 0 aliphatic heterocycles. The van der Waals surface area contributed by atoms with E-state index in [0.717, 1.165) is 0 Å². The number of esters is 1. The first kappa shape index (κ1) is 22.1. The van der Waals surface area contributed by atoms with E-state index < -0.39 is 18.5 Å². The standard InChI is InChI=1S/C20H23N3O5S/c1-3-21-17(24)12-23(4-2)18(25)13-28-20(27)14-7-9-15(10-8-14)22-19(26)16-6-5-11-29-16/h5-11H,3-4,12-13H2,1-2H3,(H,21,24)(H,22,26). The normalized spacial score (nSPS) is 10.1. The second kappa shape index (κ2) is 11.0. The van der Waals surface area contributed by atoms with Crippen molar-refractivity contribution in [2.75, 3.05) is 31.6 Å². The van der Waals surface area contributed by atoms with E-state index in [1.54, 1.807) is 38.1 Å². The third-order valence-electron chi connectivity index (χ3n) is 3.89. The highest BCUT2D eigenvalue weighted by atomic mass is 32.1. The number of nitrogens with one attached hydrogen (secondary N) is 2. The number of anilines is 1. The van der Waals surface area contributed by atoms with Gasteiger partial charge in [0.25, 0.3) is 11.8 Å². The number of hydrogen-bond acceptors (Lipinski definition) is 6. The van der Waals surface area contributed by atoms with Gasteiger partial charge in [0.2, 0.25) is 5.91 Å². The van der Waals surface area contributed by atoms with Crippen LogP contribution in [0, 0.1) is 0 Å². The van der Waals surface area contributed by atoms with Crippen molar-refractivity contribution >= 4 is 40.7 Å². The molecule has 8 nitrogen and oxygen atoms in total. The summed E-state index contributed by atoms with van der Waals surface area (Å²) in [7, 11) is 0. The molecule has 0 aliphatic carbocycles. The predicted octanol–water partition coefficient (Wildman–Crippen LogP) is 2.14. The zero-order valence-electron chi connectivity index (χ0n) is 16.3. The first-order valence-electron chi connectivity index (χ1n) is 9.11. The summed E-state index contributed by atoms with van der Waals surface area (Å²) in [6.45, 7) is 3.79. The molecule has 0 unspecified atom stereocenters. The van der Waals surface area contributed by atoms with Crippen molar-refractivity contribution in [3.63, 3.8) is 0 Å². The number of rotatable bonds is 9.